The zero-order chi connectivity index (χ0) is 22.1. The van der Waals surface area contributed by atoms with E-state index >= 15 is 0 Å². The molecule has 6 heteroatoms. The van der Waals surface area contributed by atoms with E-state index in [0.717, 1.165) is 60.9 Å². The highest BCUT2D eigenvalue weighted by atomic mass is 19.1. The van der Waals surface area contributed by atoms with Crippen molar-refractivity contribution >= 4 is 11.8 Å². The highest BCUT2D eigenvalue weighted by Crippen LogP contribution is 2.26. The van der Waals surface area contributed by atoms with Crippen molar-refractivity contribution in [2.75, 3.05) is 32.7 Å². The summed E-state index contributed by atoms with van der Waals surface area (Å²) in [5, 5.41) is 0. The molecule has 2 heterocycles. The molecular weight excluding hydrogens is 405 g/mol. The van der Waals surface area contributed by atoms with Gasteiger partial charge in [0.05, 0.1) is 6.42 Å². The first-order valence-electron chi connectivity index (χ1n) is 11.7. The molecule has 0 atom stereocenters. The molecule has 1 aliphatic carbocycles. The minimum Gasteiger partial charge on any atom is -0.338 e. The first kappa shape index (κ1) is 21.1. The molecule has 0 radical (unpaired) electrons. The number of halogens is 1. The number of benzene rings is 2. The number of fused-ring (bicyclic) bond motifs is 1. The van der Waals surface area contributed by atoms with Gasteiger partial charge < -0.3 is 9.80 Å². The van der Waals surface area contributed by atoms with Gasteiger partial charge in [0.2, 0.25) is 5.91 Å². The zero-order valence-electron chi connectivity index (χ0n) is 18.4. The van der Waals surface area contributed by atoms with Gasteiger partial charge in [-0.15, -0.1) is 0 Å². The maximum atomic E-state index is 13.1. The number of hydrogen-bond acceptors (Lipinski definition) is 3. The number of amides is 2. The fourth-order valence-electron chi connectivity index (χ4n) is 5.01. The van der Waals surface area contributed by atoms with Crippen LogP contribution in [0.25, 0.3) is 0 Å². The molecule has 0 bridgehead atoms. The molecule has 168 valence electrons. The summed E-state index contributed by atoms with van der Waals surface area (Å²) in [6.07, 6.45) is 4.98. The monoisotopic (exact) mass is 435 g/mol. The fourth-order valence-corrected chi connectivity index (χ4v) is 5.01. The third-order valence-electron chi connectivity index (χ3n) is 7.28. The lowest BCUT2D eigenvalue weighted by Crippen LogP contribution is -2.53. The van der Waals surface area contributed by atoms with Gasteiger partial charge in [-0.05, 0) is 60.2 Å². The molecule has 3 aliphatic rings. The Morgan fingerprint density at radius 3 is 2.31 bits per heavy atom. The van der Waals surface area contributed by atoms with E-state index in [1.807, 2.05) is 28.0 Å². The predicted molar refractivity (Wildman–Crippen MR) is 121 cm³/mol. The Morgan fingerprint density at radius 2 is 1.62 bits per heavy atom. The lowest BCUT2D eigenvalue weighted by atomic mass is 9.91. The lowest BCUT2D eigenvalue weighted by molar-refractivity contribution is -0.131. The summed E-state index contributed by atoms with van der Waals surface area (Å²) < 4.78 is 13.1. The molecule has 0 spiro atoms. The van der Waals surface area contributed by atoms with Crippen LogP contribution in [0.15, 0.2) is 42.5 Å². The third-order valence-corrected chi connectivity index (χ3v) is 7.28. The highest BCUT2D eigenvalue weighted by molar-refractivity contribution is 5.94. The summed E-state index contributed by atoms with van der Waals surface area (Å²) in [6, 6.07) is 12.8. The zero-order valence-corrected chi connectivity index (χ0v) is 18.4. The molecule has 2 amide bonds. The second kappa shape index (κ2) is 9.02. The van der Waals surface area contributed by atoms with Crippen molar-refractivity contribution in [1.29, 1.82) is 0 Å². The van der Waals surface area contributed by atoms with E-state index in [4.69, 9.17) is 0 Å². The van der Waals surface area contributed by atoms with Crippen LogP contribution in [0.2, 0.25) is 0 Å². The van der Waals surface area contributed by atoms with Crippen LogP contribution in [0, 0.1) is 5.82 Å². The average Bonchev–Trinajstić information content (AvgIpc) is 2.79. The van der Waals surface area contributed by atoms with Gasteiger partial charge in [0.1, 0.15) is 5.82 Å². The Hall–Kier alpha value is -2.73. The number of carbonyl (C=O) groups excluding carboxylic acids is 2. The van der Waals surface area contributed by atoms with Gasteiger partial charge in [0, 0.05) is 50.9 Å². The van der Waals surface area contributed by atoms with Gasteiger partial charge in [-0.3, -0.25) is 14.5 Å². The van der Waals surface area contributed by atoms with E-state index in [9.17, 15) is 14.0 Å². The molecule has 0 N–H and O–H groups in total. The second-order valence-electron chi connectivity index (χ2n) is 9.26. The van der Waals surface area contributed by atoms with E-state index in [1.165, 1.54) is 31.4 Å². The summed E-state index contributed by atoms with van der Waals surface area (Å²) in [5.41, 5.74) is 3.84. The largest absolute Gasteiger partial charge is 0.338 e. The molecule has 1 saturated carbocycles. The number of piperazine rings is 1. The van der Waals surface area contributed by atoms with Crippen LogP contribution in [-0.4, -0.2) is 65.3 Å². The lowest BCUT2D eigenvalue weighted by Gasteiger charge is -2.43. The van der Waals surface area contributed by atoms with Gasteiger partial charge >= 0.3 is 0 Å². The highest BCUT2D eigenvalue weighted by Gasteiger charge is 2.30. The van der Waals surface area contributed by atoms with Gasteiger partial charge in [-0.25, -0.2) is 4.39 Å². The van der Waals surface area contributed by atoms with Crippen LogP contribution in [0.4, 0.5) is 4.39 Å². The number of nitrogens with zero attached hydrogens (tertiary/aromatic N) is 3. The minimum absolute atomic E-state index is 0.0479. The first-order valence-corrected chi connectivity index (χ1v) is 11.7. The van der Waals surface area contributed by atoms with Crippen molar-refractivity contribution in [3.05, 3.63) is 70.5 Å². The summed E-state index contributed by atoms with van der Waals surface area (Å²) in [4.78, 5) is 32.2. The minimum atomic E-state index is -0.293. The van der Waals surface area contributed by atoms with Crippen LogP contribution in [-0.2, 0) is 24.2 Å². The normalized spacial score (nSPS) is 19.4. The number of carbonyl (C=O) groups is 2. The fraction of sp³-hybridized carbons (Fsp3) is 0.462. The van der Waals surface area contributed by atoms with Crippen molar-refractivity contribution in [2.24, 2.45) is 0 Å². The van der Waals surface area contributed by atoms with E-state index in [0.29, 0.717) is 13.1 Å². The van der Waals surface area contributed by atoms with Gasteiger partial charge in [0.25, 0.3) is 5.91 Å². The van der Waals surface area contributed by atoms with E-state index in [-0.39, 0.29) is 24.1 Å². The van der Waals surface area contributed by atoms with Crippen LogP contribution >= 0.6 is 0 Å². The van der Waals surface area contributed by atoms with Crippen LogP contribution < -0.4 is 0 Å². The van der Waals surface area contributed by atoms with Crippen molar-refractivity contribution < 1.29 is 14.0 Å². The maximum absolute atomic E-state index is 13.1. The average molecular weight is 436 g/mol. The molecule has 5 nitrogen and oxygen atoms in total. The van der Waals surface area contributed by atoms with Crippen molar-refractivity contribution in [3.63, 3.8) is 0 Å². The van der Waals surface area contributed by atoms with Crippen LogP contribution in [0.5, 0.6) is 0 Å². The number of hydrogen-bond donors (Lipinski definition) is 0. The Morgan fingerprint density at radius 1 is 0.875 bits per heavy atom. The Balaban J connectivity index is 1.19. The Labute approximate surface area is 188 Å². The molecule has 0 aromatic heterocycles. The number of rotatable bonds is 4. The summed E-state index contributed by atoms with van der Waals surface area (Å²) in [5.74, 6) is -0.124. The SMILES string of the molecule is O=C(Cc1ccc(F)cc1)N1CCc2cc(C(=O)N3CCN(C4CCC4)CC3)ccc2C1. The van der Waals surface area contributed by atoms with E-state index in [2.05, 4.69) is 4.90 Å². The molecule has 2 aromatic rings. The molecule has 0 unspecified atom stereocenters. The summed E-state index contributed by atoms with van der Waals surface area (Å²) >= 11 is 0. The quantitative estimate of drug-likeness (QED) is 0.741. The second-order valence-corrected chi connectivity index (χ2v) is 9.26. The van der Waals surface area contributed by atoms with E-state index in [1.54, 1.807) is 12.1 Å². The maximum Gasteiger partial charge on any atom is 0.253 e. The standard InChI is InChI=1S/C26H30FN3O2/c27-23-8-4-19(5-9-23)16-25(31)30-11-10-20-17-21(6-7-22(20)18-30)26(32)29-14-12-28(13-15-29)24-2-1-3-24/h4-9,17,24H,1-3,10-16,18H2. The van der Waals surface area contributed by atoms with Crippen molar-refractivity contribution in [3.8, 4) is 0 Å². The molecule has 5 rings (SSSR count). The topological polar surface area (TPSA) is 43.9 Å². The molecule has 2 fully saturated rings. The molecular formula is C26H30FN3O2. The summed E-state index contributed by atoms with van der Waals surface area (Å²) in [6.45, 7) is 4.77. The molecule has 1 saturated heterocycles. The third kappa shape index (κ3) is 4.42. The Bertz CT molecular complexity index is 995. The van der Waals surface area contributed by atoms with Gasteiger partial charge in [-0.1, -0.05) is 24.6 Å². The van der Waals surface area contributed by atoms with Gasteiger partial charge in [0.15, 0.2) is 0 Å². The summed E-state index contributed by atoms with van der Waals surface area (Å²) in [7, 11) is 0. The molecule has 2 aromatic carbocycles. The van der Waals surface area contributed by atoms with Gasteiger partial charge in [-0.2, -0.15) is 0 Å². The first-order chi connectivity index (χ1) is 15.6. The van der Waals surface area contributed by atoms with Crippen molar-refractivity contribution in [2.45, 2.75) is 44.7 Å². The molecule has 32 heavy (non-hydrogen) atoms. The Kier molecular flexibility index (Phi) is 5.96. The van der Waals surface area contributed by atoms with Crippen molar-refractivity contribution in [1.82, 2.24) is 14.7 Å². The van der Waals surface area contributed by atoms with E-state index < -0.39 is 0 Å². The van der Waals surface area contributed by atoms with Crippen LogP contribution in [0.1, 0.15) is 46.3 Å². The smallest absolute Gasteiger partial charge is 0.253 e. The molecule has 2 aliphatic heterocycles. The van der Waals surface area contributed by atoms with Crippen LogP contribution in [0.3, 0.4) is 0 Å². The predicted octanol–water partition coefficient (Wildman–Crippen LogP) is 3.26.